The summed E-state index contributed by atoms with van der Waals surface area (Å²) in [6, 6.07) is 12.1. The van der Waals surface area contributed by atoms with Gasteiger partial charge in [-0.25, -0.2) is 0 Å². The van der Waals surface area contributed by atoms with Crippen molar-refractivity contribution in [2.75, 3.05) is 17.7 Å². The van der Waals surface area contributed by atoms with Crippen molar-refractivity contribution in [2.45, 2.75) is 20.3 Å². The van der Waals surface area contributed by atoms with Crippen LogP contribution in [0.3, 0.4) is 0 Å². The quantitative estimate of drug-likeness (QED) is 0.546. The van der Waals surface area contributed by atoms with Gasteiger partial charge in [0.05, 0.1) is 11.6 Å². The molecule has 0 aliphatic heterocycles. The fraction of sp³-hybridized carbons (Fsp3) is 0.250. The molecule has 2 amide bonds. The van der Waals surface area contributed by atoms with Crippen molar-refractivity contribution in [1.29, 1.82) is 0 Å². The summed E-state index contributed by atoms with van der Waals surface area (Å²) < 4.78 is 5.83. The van der Waals surface area contributed by atoms with Gasteiger partial charge in [0.25, 0.3) is 5.91 Å². The maximum atomic E-state index is 12.3. The highest BCUT2D eigenvalue weighted by Gasteiger charge is 2.11. The van der Waals surface area contributed by atoms with Gasteiger partial charge in [-0.15, -0.1) is 0 Å². The Bertz CT molecular complexity index is 869. The Balaban J connectivity index is 1.91. The second-order valence-corrected chi connectivity index (χ2v) is 7.74. The molecule has 0 aliphatic carbocycles. The van der Waals surface area contributed by atoms with Crippen molar-refractivity contribution in [3.63, 3.8) is 0 Å². The number of hydrogen-bond acceptors (Lipinski definition) is 4. The number of thiocarbonyl (C=S) groups is 1. The first-order valence-electron chi connectivity index (χ1n) is 8.64. The molecule has 0 unspecified atom stereocenters. The highest BCUT2D eigenvalue weighted by Crippen LogP contribution is 2.25. The van der Waals surface area contributed by atoms with Crippen molar-refractivity contribution < 1.29 is 14.3 Å². The molecule has 6 nitrogen and oxygen atoms in total. The second kappa shape index (κ2) is 10.2. The zero-order valence-electron chi connectivity index (χ0n) is 15.8. The van der Waals surface area contributed by atoms with Gasteiger partial charge in [-0.05, 0) is 76.5 Å². The summed E-state index contributed by atoms with van der Waals surface area (Å²) in [5.74, 6) is 0.577. The second-order valence-electron chi connectivity index (χ2n) is 6.48. The average Bonchev–Trinajstić information content (AvgIpc) is 2.62. The number of ether oxygens (including phenoxy) is 1. The van der Waals surface area contributed by atoms with E-state index in [0.29, 0.717) is 39.5 Å². The van der Waals surface area contributed by atoms with E-state index in [-0.39, 0.29) is 16.9 Å². The lowest BCUT2D eigenvalue weighted by molar-refractivity contribution is -0.116. The van der Waals surface area contributed by atoms with E-state index < -0.39 is 0 Å². The molecule has 0 radical (unpaired) electrons. The van der Waals surface area contributed by atoms with Gasteiger partial charge in [0.2, 0.25) is 5.91 Å². The Morgan fingerprint density at radius 2 is 1.68 bits per heavy atom. The number of rotatable bonds is 6. The molecular formula is C20H22BrN3O3S. The van der Waals surface area contributed by atoms with Crippen LogP contribution >= 0.6 is 28.1 Å². The molecule has 2 rings (SSSR count). The van der Waals surface area contributed by atoms with Gasteiger partial charge in [-0.3, -0.25) is 14.9 Å². The van der Waals surface area contributed by atoms with E-state index in [2.05, 4.69) is 31.9 Å². The van der Waals surface area contributed by atoms with Gasteiger partial charge < -0.3 is 15.4 Å². The molecule has 2 aromatic carbocycles. The number of hydrogen-bond donors (Lipinski definition) is 3. The van der Waals surface area contributed by atoms with E-state index in [9.17, 15) is 9.59 Å². The predicted octanol–water partition coefficient (Wildman–Crippen LogP) is 4.57. The minimum atomic E-state index is -0.335. The number of anilines is 2. The van der Waals surface area contributed by atoms with Crippen LogP contribution in [0.25, 0.3) is 0 Å². The number of halogens is 1. The van der Waals surface area contributed by atoms with Crippen LogP contribution in [-0.2, 0) is 4.79 Å². The summed E-state index contributed by atoms with van der Waals surface area (Å²) >= 11 is 8.54. The Hall–Kier alpha value is -2.45. The minimum absolute atomic E-state index is 0.0239. The standard InChI is InChI=1S/C20H22BrN3O3S/c1-12(2)10-18(25)22-14-5-7-15(8-6-14)23-20(28)24-19(26)13-4-9-17(27-3)16(21)11-13/h4-9,11-12H,10H2,1-3H3,(H,22,25)(H2,23,24,26,28). The smallest absolute Gasteiger partial charge is 0.257 e. The molecule has 0 aromatic heterocycles. The van der Waals surface area contributed by atoms with Gasteiger partial charge >= 0.3 is 0 Å². The van der Waals surface area contributed by atoms with Gasteiger partial charge in [-0.2, -0.15) is 0 Å². The van der Waals surface area contributed by atoms with Crippen LogP contribution in [-0.4, -0.2) is 24.0 Å². The lowest BCUT2D eigenvalue weighted by atomic mass is 10.1. The van der Waals surface area contributed by atoms with Crippen molar-refractivity contribution in [2.24, 2.45) is 5.92 Å². The first kappa shape index (κ1) is 21.8. The Labute approximate surface area is 178 Å². The Kier molecular flexibility index (Phi) is 7.95. The fourth-order valence-corrected chi connectivity index (χ4v) is 3.12. The van der Waals surface area contributed by atoms with Crippen LogP contribution in [0.1, 0.15) is 30.6 Å². The lowest BCUT2D eigenvalue weighted by Crippen LogP contribution is -2.34. The number of nitrogens with one attached hydrogen (secondary N) is 3. The highest BCUT2D eigenvalue weighted by molar-refractivity contribution is 9.10. The molecule has 0 atom stereocenters. The zero-order valence-corrected chi connectivity index (χ0v) is 18.2. The molecule has 8 heteroatoms. The molecule has 0 saturated heterocycles. The van der Waals surface area contributed by atoms with E-state index in [1.807, 2.05) is 13.8 Å². The van der Waals surface area contributed by atoms with Gasteiger partial charge in [0.1, 0.15) is 5.75 Å². The zero-order chi connectivity index (χ0) is 20.7. The molecule has 148 valence electrons. The largest absolute Gasteiger partial charge is 0.496 e. The SMILES string of the molecule is COc1ccc(C(=O)NC(=S)Nc2ccc(NC(=O)CC(C)C)cc2)cc1Br. The number of carbonyl (C=O) groups is 2. The molecule has 28 heavy (non-hydrogen) atoms. The van der Waals surface area contributed by atoms with Crippen molar-refractivity contribution in [3.05, 3.63) is 52.5 Å². The summed E-state index contributed by atoms with van der Waals surface area (Å²) in [7, 11) is 1.56. The number of carbonyl (C=O) groups excluding carboxylic acids is 2. The predicted molar refractivity (Wildman–Crippen MR) is 119 cm³/mol. The molecule has 0 aliphatic rings. The maximum absolute atomic E-state index is 12.3. The van der Waals surface area contributed by atoms with Crippen LogP contribution in [0.15, 0.2) is 46.9 Å². The van der Waals surface area contributed by atoms with Gasteiger partial charge in [0, 0.05) is 23.4 Å². The molecule has 3 N–H and O–H groups in total. The number of methoxy groups -OCH3 is 1. The molecule has 2 aromatic rings. The third-order valence-electron chi connectivity index (χ3n) is 3.66. The topological polar surface area (TPSA) is 79.5 Å². The van der Waals surface area contributed by atoms with E-state index in [1.54, 1.807) is 49.6 Å². The Morgan fingerprint density at radius 3 is 2.21 bits per heavy atom. The average molecular weight is 464 g/mol. The first-order chi connectivity index (χ1) is 13.3. The highest BCUT2D eigenvalue weighted by atomic mass is 79.9. The van der Waals surface area contributed by atoms with Crippen molar-refractivity contribution in [1.82, 2.24) is 5.32 Å². The summed E-state index contributed by atoms with van der Waals surface area (Å²) in [5, 5.41) is 8.58. The summed E-state index contributed by atoms with van der Waals surface area (Å²) in [5.41, 5.74) is 1.84. The van der Waals surface area contributed by atoms with Crippen molar-refractivity contribution in [3.8, 4) is 5.75 Å². The molecule has 0 spiro atoms. The maximum Gasteiger partial charge on any atom is 0.257 e. The van der Waals surface area contributed by atoms with E-state index in [0.717, 1.165) is 0 Å². The van der Waals surface area contributed by atoms with Crippen LogP contribution in [0.4, 0.5) is 11.4 Å². The van der Waals surface area contributed by atoms with E-state index >= 15 is 0 Å². The summed E-state index contributed by atoms with van der Waals surface area (Å²) in [4.78, 5) is 24.1. The van der Waals surface area contributed by atoms with Crippen LogP contribution < -0.4 is 20.7 Å². The molecule has 0 heterocycles. The number of benzene rings is 2. The Morgan fingerprint density at radius 1 is 1.07 bits per heavy atom. The van der Waals surface area contributed by atoms with Crippen molar-refractivity contribution >= 4 is 56.4 Å². The monoisotopic (exact) mass is 463 g/mol. The van der Waals surface area contributed by atoms with E-state index in [4.69, 9.17) is 17.0 Å². The third kappa shape index (κ3) is 6.61. The molecule has 0 bridgehead atoms. The lowest BCUT2D eigenvalue weighted by Gasteiger charge is -2.12. The van der Waals surface area contributed by atoms with Gasteiger partial charge in [0.15, 0.2) is 5.11 Å². The van der Waals surface area contributed by atoms with Crippen LogP contribution in [0.2, 0.25) is 0 Å². The summed E-state index contributed by atoms with van der Waals surface area (Å²) in [6.07, 6.45) is 0.470. The van der Waals surface area contributed by atoms with E-state index in [1.165, 1.54) is 0 Å². The number of amides is 2. The van der Waals surface area contributed by atoms with Crippen LogP contribution in [0, 0.1) is 5.92 Å². The van der Waals surface area contributed by atoms with Gasteiger partial charge in [-0.1, -0.05) is 13.8 Å². The molecule has 0 fully saturated rings. The molecule has 0 saturated carbocycles. The fourth-order valence-electron chi connectivity index (χ4n) is 2.36. The summed E-state index contributed by atoms with van der Waals surface area (Å²) in [6.45, 7) is 3.99. The first-order valence-corrected chi connectivity index (χ1v) is 9.84. The third-order valence-corrected chi connectivity index (χ3v) is 4.49. The normalized spacial score (nSPS) is 10.3. The molecular weight excluding hydrogens is 442 g/mol. The minimum Gasteiger partial charge on any atom is -0.496 e. The van der Waals surface area contributed by atoms with Crippen LogP contribution in [0.5, 0.6) is 5.75 Å².